The molecule has 7 nitrogen and oxygen atoms in total. The highest BCUT2D eigenvalue weighted by Gasteiger charge is 2.49. The van der Waals surface area contributed by atoms with Crippen molar-refractivity contribution in [3.63, 3.8) is 0 Å². The highest BCUT2D eigenvalue weighted by molar-refractivity contribution is 5.94. The molecule has 2 aromatic carbocycles. The molecule has 2 aromatic heterocycles. The van der Waals surface area contributed by atoms with Gasteiger partial charge in [-0.15, -0.1) is 0 Å². The molecule has 4 heterocycles. The molecule has 1 saturated heterocycles. The van der Waals surface area contributed by atoms with Crippen LogP contribution in [0.2, 0.25) is 0 Å². The molecule has 43 heavy (non-hydrogen) atoms. The number of benzene rings is 2. The lowest BCUT2D eigenvalue weighted by Crippen LogP contribution is -2.35. The van der Waals surface area contributed by atoms with Crippen molar-refractivity contribution < 1.29 is 22.7 Å². The maximum atomic E-state index is 14.5. The Labute approximate surface area is 248 Å². The van der Waals surface area contributed by atoms with E-state index < -0.39 is 30.5 Å². The third kappa shape index (κ3) is 5.96. The van der Waals surface area contributed by atoms with Gasteiger partial charge in [-0.05, 0) is 43.9 Å². The number of amides is 1. The highest BCUT2D eigenvalue weighted by atomic mass is 19.4. The summed E-state index contributed by atoms with van der Waals surface area (Å²) in [5.41, 5.74) is 3.19. The van der Waals surface area contributed by atoms with E-state index in [1.54, 1.807) is 10.9 Å². The minimum absolute atomic E-state index is 0.0218. The summed E-state index contributed by atoms with van der Waals surface area (Å²) >= 11 is 0. The molecule has 0 bridgehead atoms. The van der Waals surface area contributed by atoms with E-state index in [1.807, 2.05) is 86.6 Å². The zero-order chi connectivity index (χ0) is 30.1. The van der Waals surface area contributed by atoms with Gasteiger partial charge in [0.2, 0.25) is 11.8 Å². The summed E-state index contributed by atoms with van der Waals surface area (Å²) in [7, 11) is 0. The largest absolute Gasteiger partial charge is 0.475 e. The number of alkyl halides is 3. The van der Waals surface area contributed by atoms with Crippen LogP contribution in [0.25, 0.3) is 0 Å². The number of hydrogen-bond donors (Lipinski definition) is 1. The van der Waals surface area contributed by atoms with E-state index in [4.69, 9.17) is 9.84 Å². The molecule has 1 N–H and O–H groups in total. The van der Waals surface area contributed by atoms with Crippen molar-refractivity contribution in [1.29, 1.82) is 0 Å². The molecule has 2 aliphatic heterocycles. The van der Waals surface area contributed by atoms with Crippen LogP contribution < -0.4 is 15.0 Å². The number of carbonyl (C=O) groups is 1. The van der Waals surface area contributed by atoms with Crippen LogP contribution in [0.3, 0.4) is 0 Å². The number of halogens is 3. The topological polar surface area (TPSA) is 72.3 Å². The summed E-state index contributed by atoms with van der Waals surface area (Å²) in [5.74, 6) is -2.08. The van der Waals surface area contributed by atoms with Crippen molar-refractivity contribution in [3.8, 4) is 5.88 Å². The van der Waals surface area contributed by atoms with Crippen LogP contribution in [0.5, 0.6) is 5.88 Å². The van der Waals surface area contributed by atoms with E-state index in [0.29, 0.717) is 37.5 Å². The molecule has 6 rings (SSSR count). The predicted molar refractivity (Wildman–Crippen MR) is 159 cm³/mol. The van der Waals surface area contributed by atoms with E-state index in [9.17, 15) is 18.0 Å². The Balaban J connectivity index is 1.38. The maximum absolute atomic E-state index is 14.5. The molecule has 4 aromatic rings. The van der Waals surface area contributed by atoms with E-state index >= 15 is 0 Å². The number of rotatable bonds is 7. The zero-order valence-electron chi connectivity index (χ0n) is 24.1. The lowest BCUT2D eigenvalue weighted by Gasteiger charge is -2.34. The molecule has 1 amide bonds. The lowest BCUT2D eigenvalue weighted by atomic mass is 9.84. The van der Waals surface area contributed by atoms with Gasteiger partial charge in [-0.1, -0.05) is 60.7 Å². The first-order valence-electron chi connectivity index (χ1n) is 14.7. The lowest BCUT2D eigenvalue weighted by molar-refractivity contribution is -0.157. The smallest absolute Gasteiger partial charge is 0.396 e. The molecule has 1 unspecified atom stereocenters. The third-order valence-corrected chi connectivity index (χ3v) is 8.17. The normalized spacial score (nSPS) is 17.7. The van der Waals surface area contributed by atoms with Gasteiger partial charge < -0.3 is 15.0 Å². The van der Waals surface area contributed by atoms with Crippen LogP contribution in [-0.4, -0.2) is 46.0 Å². The molecule has 10 heteroatoms. The molecule has 0 aliphatic carbocycles. The Morgan fingerprint density at radius 1 is 0.930 bits per heavy atom. The van der Waals surface area contributed by atoms with E-state index in [1.165, 1.54) is 0 Å². The van der Waals surface area contributed by atoms with Gasteiger partial charge in [0.05, 0.1) is 29.6 Å². The fraction of sp³-hybridized carbons (Fsp3) is 0.364. The number of hydrogen-bond acceptors (Lipinski definition) is 5. The summed E-state index contributed by atoms with van der Waals surface area (Å²) in [6.45, 7) is 5.17. The fourth-order valence-corrected chi connectivity index (χ4v) is 6.20. The van der Waals surface area contributed by atoms with Crippen molar-refractivity contribution in [2.45, 2.75) is 63.3 Å². The molecule has 1 fully saturated rings. The van der Waals surface area contributed by atoms with Crippen molar-refractivity contribution in [2.24, 2.45) is 0 Å². The van der Waals surface area contributed by atoms with E-state index in [-0.39, 0.29) is 23.4 Å². The number of anilines is 2. The number of nitrogens with zero attached hydrogens (tertiary/aromatic N) is 4. The van der Waals surface area contributed by atoms with Gasteiger partial charge >= 0.3 is 6.18 Å². The van der Waals surface area contributed by atoms with Gasteiger partial charge in [-0.3, -0.25) is 4.79 Å². The monoisotopic (exact) mass is 589 g/mol. The molecular formula is C33H34F3N5O2. The molecular weight excluding hydrogens is 555 g/mol. The van der Waals surface area contributed by atoms with Crippen LogP contribution in [0.4, 0.5) is 24.7 Å². The number of piperidine rings is 1. The second kappa shape index (κ2) is 11.7. The quantitative estimate of drug-likeness (QED) is 0.250. The number of aromatic nitrogens is 3. The van der Waals surface area contributed by atoms with Crippen molar-refractivity contribution in [3.05, 3.63) is 101 Å². The van der Waals surface area contributed by atoms with E-state index in [0.717, 1.165) is 16.8 Å². The van der Waals surface area contributed by atoms with Gasteiger partial charge in [-0.2, -0.15) is 18.3 Å². The summed E-state index contributed by atoms with van der Waals surface area (Å²) < 4.78 is 50.9. The summed E-state index contributed by atoms with van der Waals surface area (Å²) in [4.78, 5) is 19.3. The van der Waals surface area contributed by atoms with Crippen molar-refractivity contribution in [1.82, 2.24) is 14.8 Å². The SMILES string of the molecule is CC(C)Oc1ccc(N2CCC(c3nn(C(c4ccccc4)c4ccccc4)c4c3C(C(F)(F)F)CC(=O)N4)CC2)cn1. The Bertz CT molecular complexity index is 1510. The molecule has 1 atom stereocenters. The summed E-state index contributed by atoms with van der Waals surface area (Å²) in [5, 5.41) is 7.75. The van der Waals surface area contributed by atoms with Crippen LogP contribution >= 0.6 is 0 Å². The number of pyridine rings is 1. The Kier molecular flexibility index (Phi) is 7.85. The number of carbonyl (C=O) groups excluding carboxylic acids is 1. The second-order valence-corrected chi connectivity index (χ2v) is 11.4. The zero-order valence-corrected chi connectivity index (χ0v) is 24.1. The Hall–Kier alpha value is -4.34. The van der Waals surface area contributed by atoms with Gasteiger partial charge in [-0.25, -0.2) is 9.67 Å². The van der Waals surface area contributed by atoms with Gasteiger partial charge in [0.1, 0.15) is 11.9 Å². The van der Waals surface area contributed by atoms with Gasteiger partial charge in [0.15, 0.2) is 0 Å². The van der Waals surface area contributed by atoms with Gasteiger partial charge in [0.25, 0.3) is 0 Å². The summed E-state index contributed by atoms with van der Waals surface area (Å²) in [6.07, 6.45) is -2.20. The standard InChI is InChI=1S/C33H34F3N5O2/c1-21(2)43-28-14-13-25(20-37-28)40-17-15-22(16-18-40)30-29-26(33(34,35)36)19-27(42)38-32(29)41(39-30)31(23-9-5-3-6-10-23)24-11-7-4-8-12-24/h3-14,20-22,26,31H,15-19H2,1-2H3,(H,38,42). The molecule has 224 valence electrons. The molecule has 0 spiro atoms. The highest BCUT2D eigenvalue weighted by Crippen LogP contribution is 2.49. The predicted octanol–water partition coefficient (Wildman–Crippen LogP) is 7.08. The average Bonchev–Trinajstić information content (AvgIpc) is 3.36. The number of nitrogens with one attached hydrogen (secondary N) is 1. The van der Waals surface area contributed by atoms with Crippen molar-refractivity contribution >= 4 is 17.4 Å². The first-order valence-corrected chi connectivity index (χ1v) is 14.7. The number of fused-ring (bicyclic) bond motifs is 1. The fourth-order valence-electron chi connectivity index (χ4n) is 6.20. The minimum atomic E-state index is -4.59. The van der Waals surface area contributed by atoms with E-state index in [2.05, 4.69) is 15.2 Å². The summed E-state index contributed by atoms with van der Waals surface area (Å²) in [6, 6.07) is 22.4. The van der Waals surface area contributed by atoms with Crippen LogP contribution in [0.15, 0.2) is 79.0 Å². The number of ether oxygens (including phenoxy) is 1. The van der Waals surface area contributed by atoms with Gasteiger partial charge in [0, 0.05) is 37.1 Å². The molecule has 0 saturated carbocycles. The Morgan fingerprint density at radius 2 is 1.56 bits per heavy atom. The average molecular weight is 590 g/mol. The minimum Gasteiger partial charge on any atom is -0.475 e. The van der Waals surface area contributed by atoms with Crippen LogP contribution in [0.1, 0.15) is 73.4 Å². The molecule has 0 radical (unpaired) electrons. The maximum Gasteiger partial charge on any atom is 0.396 e. The first-order chi connectivity index (χ1) is 20.7. The first kappa shape index (κ1) is 28.8. The van der Waals surface area contributed by atoms with Crippen molar-refractivity contribution in [2.75, 3.05) is 23.3 Å². The van der Waals surface area contributed by atoms with Crippen LogP contribution in [0, 0.1) is 0 Å². The Morgan fingerprint density at radius 3 is 2.09 bits per heavy atom. The van der Waals surface area contributed by atoms with Crippen LogP contribution in [-0.2, 0) is 4.79 Å². The molecule has 2 aliphatic rings. The second-order valence-electron chi connectivity index (χ2n) is 11.4. The third-order valence-electron chi connectivity index (χ3n) is 8.17.